The monoisotopic (exact) mass is 315 g/mol. The van der Waals surface area contributed by atoms with Gasteiger partial charge >= 0.3 is 0 Å². The molecular weight excluding hydrogens is 294 g/mol. The normalized spacial score (nSPS) is 16.0. The van der Waals surface area contributed by atoms with Gasteiger partial charge in [-0.25, -0.2) is 4.98 Å². The van der Waals surface area contributed by atoms with Crippen LogP contribution in [0.2, 0.25) is 0 Å². The van der Waals surface area contributed by atoms with Crippen LogP contribution in [0.3, 0.4) is 0 Å². The lowest BCUT2D eigenvalue weighted by molar-refractivity contribution is -0.140. The van der Waals surface area contributed by atoms with Crippen molar-refractivity contribution in [3.8, 4) is 0 Å². The van der Waals surface area contributed by atoms with Crippen molar-refractivity contribution in [1.82, 2.24) is 14.8 Å². The van der Waals surface area contributed by atoms with Crippen LogP contribution < -0.4 is 0 Å². The van der Waals surface area contributed by atoms with Crippen molar-refractivity contribution in [2.75, 3.05) is 26.2 Å². The molecule has 0 radical (unpaired) electrons. The molecule has 1 aromatic heterocycles. The zero-order chi connectivity index (χ0) is 16.6. The third-order valence-corrected chi connectivity index (χ3v) is 4.07. The van der Waals surface area contributed by atoms with Gasteiger partial charge in [0.15, 0.2) is 12.0 Å². The van der Waals surface area contributed by atoms with Crippen LogP contribution in [0.4, 0.5) is 0 Å². The number of hydrogen-bond donors (Lipinski definition) is 0. The van der Waals surface area contributed by atoms with E-state index in [1.807, 2.05) is 25.7 Å². The predicted octanol–water partition coefficient (Wildman–Crippen LogP) is 2.16. The molecule has 1 aliphatic heterocycles. The van der Waals surface area contributed by atoms with Crippen LogP contribution in [0, 0.1) is 5.41 Å². The summed E-state index contributed by atoms with van der Waals surface area (Å²) in [6, 6.07) is 5.27. The summed E-state index contributed by atoms with van der Waals surface area (Å²) >= 11 is 0. The fourth-order valence-corrected chi connectivity index (χ4v) is 2.76. The Kier molecular flexibility index (Phi) is 3.83. The Labute approximate surface area is 135 Å². The summed E-state index contributed by atoms with van der Waals surface area (Å²) in [4.78, 5) is 32.6. The highest BCUT2D eigenvalue weighted by atomic mass is 16.3. The van der Waals surface area contributed by atoms with Crippen molar-refractivity contribution < 1.29 is 14.0 Å². The Balaban J connectivity index is 1.67. The minimum absolute atomic E-state index is 0.0360. The highest BCUT2D eigenvalue weighted by Gasteiger charge is 2.31. The van der Waals surface area contributed by atoms with Gasteiger partial charge in [-0.1, -0.05) is 20.8 Å². The van der Waals surface area contributed by atoms with Gasteiger partial charge in [-0.15, -0.1) is 0 Å². The van der Waals surface area contributed by atoms with E-state index in [0.717, 1.165) is 5.52 Å². The molecule has 0 bridgehead atoms. The first kappa shape index (κ1) is 15.5. The number of aromatic nitrogens is 1. The topological polar surface area (TPSA) is 66.7 Å². The summed E-state index contributed by atoms with van der Waals surface area (Å²) in [7, 11) is 0. The van der Waals surface area contributed by atoms with Gasteiger partial charge in [0, 0.05) is 37.2 Å². The number of carbonyl (C=O) groups is 2. The zero-order valence-electron chi connectivity index (χ0n) is 13.7. The van der Waals surface area contributed by atoms with Gasteiger partial charge in [0.05, 0.1) is 0 Å². The van der Waals surface area contributed by atoms with E-state index in [0.29, 0.717) is 37.3 Å². The minimum Gasteiger partial charge on any atom is -0.443 e. The van der Waals surface area contributed by atoms with Crippen LogP contribution in [-0.4, -0.2) is 52.8 Å². The minimum atomic E-state index is -0.385. The van der Waals surface area contributed by atoms with E-state index in [2.05, 4.69) is 4.98 Å². The fourth-order valence-electron chi connectivity index (χ4n) is 2.76. The molecule has 6 heteroatoms. The SMILES string of the molecule is CC(C)(C)C(=O)N1CCN(C(=O)c2ccc3ncoc3c2)CC1. The Morgan fingerprint density at radius 3 is 2.39 bits per heavy atom. The van der Waals surface area contributed by atoms with Crippen LogP contribution in [0.5, 0.6) is 0 Å². The number of nitrogens with zero attached hydrogens (tertiary/aromatic N) is 3. The maximum Gasteiger partial charge on any atom is 0.254 e. The second-order valence-corrected chi connectivity index (χ2v) is 6.87. The summed E-state index contributed by atoms with van der Waals surface area (Å²) in [6.45, 7) is 8.00. The number of carbonyl (C=O) groups excluding carboxylic acids is 2. The standard InChI is InChI=1S/C17H21N3O3/c1-17(2,3)16(22)20-8-6-19(7-9-20)15(21)12-4-5-13-14(10-12)23-11-18-13/h4-5,10-11H,6-9H2,1-3H3. The van der Waals surface area contributed by atoms with Gasteiger partial charge in [0.2, 0.25) is 5.91 Å². The molecule has 2 amide bonds. The number of amides is 2. The van der Waals surface area contributed by atoms with E-state index in [1.165, 1.54) is 6.39 Å². The molecule has 1 fully saturated rings. The lowest BCUT2D eigenvalue weighted by atomic mass is 9.94. The lowest BCUT2D eigenvalue weighted by Crippen LogP contribution is -2.53. The van der Waals surface area contributed by atoms with Crippen molar-refractivity contribution >= 4 is 22.9 Å². The Morgan fingerprint density at radius 1 is 1.09 bits per heavy atom. The second kappa shape index (κ2) is 5.68. The number of oxazole rings is 1. The summed E-state index contributed by atoms with van der Waals surface area (Å²) < 4.78 is 5.25. The van der Waals surface area contributed by atoms with E-state index < -0.39 is 0 Å². The molecule has 1 saturated heterocycles. The van der Waals surface area contributed by atoms with Gasteiger partial charge < -0.3 is 14.2 Å². The summed E-state index contributed by atoms with van der Waals surface area (Å²) in [5.74, 6) is 0.0961. The molecule has 0 spiro atoms. The molecule has 122 valence electrons. The summed E-state index contributed by atoms with van der Waals surface area (Å²) in [5, 5.41) is 0. The molecule has 23 heavy (non-hydrogen) atoms. The molecule has 6 nitrogen and oxygen atoms in total. The first-order chi connectivity index (χ1) is 10.9. The van der Waals surface area contributed by atoms with Crippen molar-refractivity contribution in [3.63, 3.8) is 0 Å². The number of hydrogen-bond acceptors (Lipinski definition) is 4. The first-order valence-corrected chi connectivity index (χ1v) is 7.78. The fraction of sp³-hybridized carbons (Fsp3) is 0.471. The maximum atomic E-state index is 12.6. The quantitative estimate of drug-likeness (QED) is 0.809. The Bertz CT molecular complexity index is 737. The number of piperazine rings is 1. The van der Waals surface area contributed by atoms with Gasteiger partial charge in [-0.2, -0.15) is 0 Å². The highest BCUT2D eigenvalue weighted by Crippen LogP contribution is 2.20. The molecule has 0 aliphatic carbocycles. The molecule has 3 rings (SSSR count). The second-order valence-electron chi connectivity index (χ2n) is 6.87. The largest absolute Gasteiger partial charge is 0.443 e. The van der Waals surface area contributed by atoms with Crippen molar-refractivity contribution in [2.24, 2.45) is 5.41 Å². The third-order valence-electron chi connectivity index (χ3n) is 4.07. The lowest BCUT2D eigenvalue weighted by Gasteiger charge is -2.37. The van der Waals surface area contributed by atoms with E-state index >= 15 is 0 Å². The number of fused-ring (bicyclic) bond motifs is 1. The Morgan fingerprint density at radius 2 is 1.74 bits per heavy atom. The molecule has 0 unspecified atom stereocenters. The number of benzene rings is 1. The van der Waals surface area contributed by atoms with Crippen molar-refractivity contribution in [3.05, 3.63) is 30.2 Å². The Hall–Kier alpha value is -2.37. The van der Waals surface area contributed by atoms with Crippen LogP contribution in [0.25, 0.3) is 11.1 Å². The van der Waals surface area contributed by atoms with Gasteiger partial charge in [-0.05, 0) is 18.2 Å². The van der Waals surface area contributed by atoms with Crippen LogP contribution in [0.1, 0.15) is 31.1 Å². The van der Waals surface area contributed by atoms with E-state index in [-0.39, 0.29) is 17.2 Å². The predicted molar refractivity (Wildman–Crippen MR) is 85.9 cm³/mol. The number of rotatable bonds is 1. The molecule has 1 aliphatic rings. The average Bonchev–Trinajstić information content (AvgIpc) is 3.00. The molecule has 0 atom stereocenters. The first-order valence-electron chi connectivity index (χ1n) is 7.78. The van der Waals surface area contributed by atoms with E-state index in [9.17, 15) is 9.59 Å². The summed E-state index contributed by atoms with van der Waals surface area (Å²) in [6.07, 6.45) is 1.37. The molecule has 2 aromatic rings. The molecular formula is C17H21N3O3. The van der Waals surface area contributed by atoms with Gasteiger partial charge in [0.25, 0.3) is 5.91 Å². The average molecular weight is 315 g/mol. The van der Waals surface area contributed by atoms with Crippen LogP contribution >= 0.6 is 0 Å². The van der Waals surface area contributed by atoms with Crippen molar-refractivity contribution in [1.29, 1.82) is 0 Å². The third kappa shape index (κ3) is 3.06. The smallest absolute Gasteiger partial charge is 0.254 e. The molecule has 1 aromatic carbocycles. The highest BCUT2D eigenvalue weighted by molar-refractivity contribution is 5.97. The van der Waals surface area contributed by atoms with E-state index in [1.54, 1.807) is 23.1 Å². The molecule has 0 N–H and O–H groups in total. The zero-order valence-corrected chi connectivity index (χ0v) is 13.7. The van der Waals surface area contributed by atoms with E-state index in [4.69, 9.17) is 4.42 Å². The summed E-state index contributed by atoms with van der Waals surface area (Å²) in [5.41, 5.74) is 1.55. The van der Waals surface area contributed by atoms with Gasteiger partial charge in [0.1, 0.15) is 5.52 Å². The maximum absolute atomic E-state index is 12.6. The molecule has 2 heterocycles. The van der Waals surface area contributed by atoms with Crippen molar-refractivity contribution in [2.45, 2.75) is 20.8 Å². The van der Waals surface area contributed by atoms with Crippen LogP contribution in [-0.2, 0) is 4.79 Å². The molecule has 0 saturated carbocycles. The van der Waals surface area contributed by atoms with Gasteiger partial charge in [-0.3, -0.25) is 9.59 Å². The van der Waals surface area contributed by atoms with Crippen LogP contribution in [0.15, 0.2) is 29.0 Å².